The maximum atomic E-state index is 12.1. The monoisotopic (exact) mass is 300 g/mol. The number of fused-ring (bicyclic) bond motifs is 1. The van der Waals surface area contributed by atoms with E-state index in [0.29, 0.717) is 17.4 Å². The van der Waals surface area contributed by atoms with Crippen LogP contribution in [-0.4, -0.2) is 9.55 Å². The van der Waals surface area contributed by atoms with Crippen molar-refractivity contribution in [2.75, 3.05) is 0 Å². The van der Waals surface area contributed by atoms with Gasteiger partial charge in [-0.05, 0) is 43.1 Å². The molecule has 0 aliphatic heterocycles. The van der Waals surface area contributed by atoms with E-state index >= 15 is 0 Å². The Hall–Kier alpha value is -0.870. The summed E-state index contributed by atoms with van der Waals surface area (Å²) in [5.41, 5.74) is 1.51. The number of halogens is 2. The minimum absolute atomic E-state index is 0.0955. The maximum absolute atomic E-state index is 12.1. The summed E-state index contributed by atoms with van der Waals surface area (Å²) in [4.78, 5) is 16.4. The van der Waals surface area contributed by atoms with Crippen molar-refractivity contribution in [2.24, 2.45) is 0 Å². The Kier molecular flexibility index (Phi) is 3.04. The standard InChI is InChI=1S/C11H10BrClN2O/c1-3-15-10(16)8-5-7(12)4-6(2)9(8)14-11(15)13/h4-5H,3H2,1-2H3. The molecule has 84 valence electrons. The third kappa shape index (κ3) is 1.76. The Morgan fingerprint density at radius 2 is 2.19 bits per heavy atom. The van der Waals surface area contributed by atoms with Crippen molar-refractivity contribution in [1.29, 1.82) is 0 Å². The first-order chi connectivity index (χ1) is 7.54. The Morgan fingerprint density at radius 3 is 2.81 bits per heavy atom. The van der Waals surface area contributed by atoms with E-state index in [0.717, 1.165) is 10.0 Å². The van der Waals surface area contributed by atoms with E-state index in [-0.39, 0.29) is 10.8 Å². The van der Waals surface area contributed by atoms with Crippen molar-refractivity contribution in [3.8, 4) is 0 Å². The number of rotatable bonds is 1. The molecule has 3 nitrogen and oxygen atoms in total. The van der Waals surface area contributed by atoms with Crippen molar-refractivity contribution in [1.82, 2.24) is 9.55 Å². The summed E-state index contributed by atoms with van der Waals surface area (Å²) < 4.78 is 2.33. The summed E-state index contributed by atoms with van der Waals surface area (Å²) in [5.74, 6) is 0. The summed E-state index contributed by atoms with van der Waals surface area (Å²) >= 11 is 9.33. The van der Waals surface area contributed by atoms with Crippen LogP contribution in [-0.2, 0) is 6.54 Å². The topological polar surface area (TPSA) is 34.9 Å². The first kappa shape index (κ1) is 11.6. The lowest BCUT2D eigenvalue weighted by Crippen LogP contribution is -2.21. The predicted molar refractivity (Wildman–Crippen MR) is 69.1 cm³/mol. The molecule has 0 atom stereocenters. The van der Waals surface area contributed by atoms with Gasteiger partial charge >= 0.3 is 0 Å². The molecule has 0 fully saturated rings. The molecular weight excluding hydrogens is 291 g/mol. The number of benzene rings is 1. The second-order valence-electron chi connectivity index (χ2n) is 3.55. The van der Waals surface area contributed by atoms with Gasteiger partial charge in [0.15, 0.2) is 0 Å². The Bertz CT molecular complexity index is 621. The molecular formula is C11H10BrClN2O. The van der Waals surface area contributed by atoms with Gasteiger partial charge in [0.2, 0.25) is 5.28 Å². The van der Waals surface area contributed by atoms with Crippen LogP contribution in [0.15, 0.2) is 21.4 Å². The summed E-state index contributed by atoms with van der Waals surface area (Å²) in [6.45, 7) is 4.30. The zero-order chi connectivity index (χ0) is 11.9. The van der Waals surface area contributed by atoms with Crippen molar-refractivity contribution in [2.45, 2.75) is 20.4 Å². The van der Waals surface area contributed by atoms with Gasteiger partial charge in [0.05, 0.1) is 10.9 Å². The largest absolute Gasteiger partial charge is 0.283 e. The van der Waals surface area contributed by atoms with Crippen LogP contribution < -0.4 is 5.56 Å². The third-order valence-corrected chi connectivity index (χ3v) is 3.23. The van der Waals surface area contributed by atoms with Crippen LogP contribution in [0.2, 0.25) is 5.28 Å². The van der Waals surface area contributed by atoms with Crippen molar-refractivity contribution < 1.29 is 0 Å². The molecule has 0 unspecified atom stereocenters. The Balaban J connectivity index is 2.99. The minimum Gasteiger partial charge on any atom is -0.283 e. The van der Waals surface area contributed by atoms with Crippen LogP contribution in [0, 0.1) is 6.92 Å². The fourth-order valence-corrected chi connectivity index (χ4v) is 2.56. The number of aromatic nitrogens is 2. The summed E-state index contributed by atoms with van der Waals surface area (Å²) in [6, 6.07) is 3.70. The molecule has 16 heavy (non-hydrogen) atoms. The van der Waals surface area contributed by atoms with Crippen molar-refractivity contribution in [3.63, 3.8) is 0 Å². The van der Waals surface area contributed by atoms with E-state index in [9.17, 15) is 4.79 Å². The van der Waals surface area contributed by atoms with Gasteiger partial charge in [-0.2, -0.15) is 0 Å². The second-order valence-corrected chi connectivity index (χ2v) is 4.80. The molecule has 0 aliphatic rings. The molecule has 0 N–H and O–H groups in total. The molecule has 1 heterocycles. The van der Waals surface area contributed by atoms with Gasteiger partial charge in [-0.3, -0.25) is 9.36 Å². The molecule has 1 aromatic carbocycles. The normalized spacial score (nSPS) is 11.0. The number of aryl methyl sites for hydroxylation is 1. The quantitative estimate of drug-likeness (QED) is 0.759. The number of hydrogen-bond donors (Lipinski definition) is 0. The highest BCUT2D eigenvalue weighted by Gasteiger charge is 2.10. The lowest BCUT2D eigenvalue weighted by molar-refractivity contribution is 0.718. The molecule has 0 saturated heterocycles. The average Bonchev–Trinajstić information content (AvgIpc) is 2.21. The predicted octanol–water partition coefficient (Wildman–Crippen LogP) is 3.14. The van der Waals surface area contributed by atoms with E-state index in [2.05, 4.69) is 20.9 Å². The Labute approximate surface area is 106 Å². The Morgan fingerprint density at radius 1 is 1.50 bits per heavy atom. The summed E-state index contributed by atoms with van der Waals surface area (Å²) in [5, 5.41) is 0.837. The van der Waals surface area contributed by atoms with Gasteiger partial charge in [-0.15, -0.1) is 0 Å². The smallest absolute Gasteiger partial charge is 0.262 e. The van der Waals surface area contributed by atoms with E-state index in [4.69, 9.17) is 11.6 Å². The molecule has 1 aromatic heterocycles. The van der Waals surface area contributed by atoms with Gasteiger partial charge < -0.3 is 0 Å². The van der Waals surface area contributed by atoms with Gasteiger partial charge in [0, 0.05) is 11.0 Å². The van der Waals surface area contributed by atoms with Gasteiger partial charge in [-0.1, -0.05) is 15.9 Å². The number of nitrogens with zero attached hydrogens (tertiary/aromatic N) is 2. The van der Waals surface area contributed by atoms with E-state index in [1.54, 1.807) is 6.07 Å². The number of hydrogen-bond acceptors (Lipinski definition) is 2. The first-order valence-electron chi connectivity index (χ1n) is 4.90. The average molecular weight is 302 g/mol. The van der Waals surface area contributed by atoms with Crippen molar-refractivity contribution in [3.05, 3.63) is 37.8 Å². The molecule has 0 spiro atoms. The zero-order valence-corrected chi connectivity index (χ0v) is 11.3. The molecule has 0 aliphatic carbocycles. The first-order valence-corrected chi connectivity index (χ1v) is 6.08. The molecule has 0 saturated carbocycles. The van der Waals surface area contributed by atoms with Crippen LogP contribution in [0.5, 0.6) is 0 Å². The maximum Gasteiger partial charge on any atom is 0.262 e. The lowest BCUT2D eigenvalue weighted by Gasteiger charge is -2.08. The molecule has 0 amide bonds. The summed E-state index contributed by atoms with van der Waals surface area (Å²) in [6.07, 6.45) is 0. The highest BCUT2D eigenvalue weighted by molar-refractivity contribution is 9.10. The molecule has 2 rings (SSSR count). The molecule has 2 aromatic rings. The van der Waals surface area contributed by atoms with E-state index in [1.807, 2.05) is 19.9 Å². The van der Waals surface area contributed by atoms with Crippen LogP contribution in [0.25, 0.3) is 10.9 Å². The van der Waals surface area contributed by atoms with Crippen molar-refractivity contribution >= 4 is 38.4 Å². The van der Waals surface area contributed by atoms with E-state index in [1.165, 1.54) is 4.57 Å². The van der Waals surface area contributed by atoms with Gasteiger partial charge in [0.25, 0.3) is 5.56 Å². The lowest BCUT2D eigenvalue weighted by atomic mass is 10.1. The molecule has 5 heteroatoms. The molecule has 0 radical (unpaired) electrons. The van der Waals surface area contributed by atoms with Gasteiger partial charge in [0.1, 0.15) is 0 Å². The fourth-order valence-electron chi connectivity index (χ4n) is 1.70. The third-order valence-electron chi connectivity index (χ3n) is 2.48. The molecule has 0 bridgehead atoms. The SMILES string of the molecule is CCn1c(Cl)nc2c(C)cc(Br)cc2c1=O. The van der Waals surface area contributed by atoms with Crippen LogP contribution in [0.4, 0.5) is 0 Å². The van der Waals surface area contributed by atoms with Crippen LogP contribution in [0.3, 0.4) is 0 Å². The second kappa shape index (κ2) is 4.18. The van der Waals surface area contributed by atoms with Crippen LogP contribution >= 0.6 is 27.5 Å². The van der Waals surface area contributed by atoms with E-state index < -0.39 is 0 Å². The van der Waals surface area contributed by atoms with Crippen LogP contribution in [0.1, 0.15) is 12.5 Å². The van der Waals surface area contributed by atoms with Gasteiger partial charge in [-0.25, -0.2) is 4.98 Å². The minimum atomic E-state index is -0.0955. The summed E-state index contributed by atoms with van der Waals surface area (Å²) in [7, 11) is 0. The highest BCUT2D eigenvalue weighted by atomic mass is 79.9. The zero-order valence-electron chi connectivity index (χ0n) is 8.92. The highest BCUT2D eigenvalue weighted by Crippen LogP contribution is 2.21. The fraction of sp³-hybridized carbons (Fsp3) is 0.273.